The molecule has 1 fully saturated rings. The summed E-state index contributed by atoms with van der Waals surface area (Å²) in [6, 6.07) is 1.36. The Labute approximate surface area is 190 Å². The van der Waals surface area contributed by atoms with Crippen LogP contribution in [0.25, 0.3) is 11.0 Å². The van der Waals surface area contributed by atoms with E-state index in [0.29, 0.717) is 0 Å². The molecule has 3 aromatic rings. The van der Waals surface area contributed by atoms with E-state index in [1.807, 2.05) is 0 Å². The summed E-state index contributed by atoms with van der Waals surface area (Å²) < 4.78 is 46.3. The Kier molecular flexibility index (Phi) is 6.02. The molecule has 0 aliphatic heterocycles. The van der Waals surface area contributed by atoms with Gasteiger partial charge in [0.25, 0.3) is 5.56 Å². The Bertz CT molecular complexity index is 1330. The Morgan fingerprint density at radius 1 is 1.21 bits per heavy atom. The molecule has 4 rings (SSSR count). The molecule has 180 valence electrons. The van der Waals surface area contributed by atoms with Gasteiger partial charge in [-0.2, -0.15) is 13.2 Å². The number of anilines is 3. The number of nitrogens with one attached hydrogen (secondary N) is 2. The molecule has 1 amide bonds. The van der Waals surface area contributed by atoms with Crippen LogP contribution < -0.4 is 16.2 Å². The van der Waals surface area contributed by atoms with E-state index in [1.165, 1.54) is 23.2 Å². The summed E-state index contributed by atoms with van der Waals surface area (Å²) in [7, 11) is 1.16. The molecule has 0 aromatic carbocycles. The zero-order valence-corrected chi connectivity index (χ0v) is 18.3. The molecule has 1 saturated carbocycles. The standard InChI is InChI=1S/C21H21F3N6O4/c1-3-29-10-26-17-16(19(29)32)14(8-30(17)9-21(22,23)24)27-13-6-15(28-18(31)11-4-5-11)25-7-12(13)20(33)34-2/h6-8,10-11H,3-5,9H2,1-2H3,(H2,25,27,28,31). The van der Waals surface area contributed by atoms with Gasteiger partial charge in [0, 0.05) is 30.9 Å². The number of halogens is 3. The topological polar surface area (TPSA) is 120 Å². The summed E-state index contributed by atoms with van der Waals surface area (Å²) in [4.78, 5) is 45.4. The number of esters is 1. The maximum absolute atomic E-state index is 13.1. The van der Waals surface area contributed by atoms with E-state index in [2.05, 4.69) is 20.6 Å². The van der Waals surface area contributed by atoms with Crippen molar-refractivity contribution in [1.82, 2.24) is 19.1 Å². The SMILES string of the molecule is CCn1cnc2c(c(Nc3cc(NC(=O)C4CC4)ncc3C(=O)OC)cn2CC(F)(F)F)c1=O. The van der Waals surface area contributed by atoms with E-state index >= 15 is 0 Å². The lowest BCUT2D eigenvalue weighted by molar-refractivity contribution is -0.140. The number of fused-ring (bicyclic) bond motifs is 1. The van der Waals surface area contributed by atoms with Crippen molar-refractivity contribution >= 4 is 40.1 Å². The molecule has 13 heteroatoms. The predicted octanol–water partition coefficient (Wildman–Crippen LogP) is 3.05. The highest BCUT2D eigenvalue weighted by Crippen LogP contribution is 2.32. The lowest BCUT2D eigenvalue weighted by Gasteiger charge is -2.12. The van der Waals surface area contributed by atoms with Crippen LogP contribution in [-0.4, -0.2) is 44.3 Å². The van der Waals surface area contributed by atoms with Gasteiger partial charge in [-0.25, -0.2) is 14.8 Å². The molecule has 0 saturated heterocycles. The van der Waals surface area contributed by atoms with Crippen LogP contribution in [0.1, 0.15) is 30.1 Å². The average molecular weight is 478 g/mol. The minimum atomic E-state index is -4.56. The number of carbonyl (C=O) groups excluding carboxylic acids is 2. The molecule has 1 aliphatic rings. The zero-order valence-electron chi connectivity index (χ0n) is 18.3. The van der Waals surface area contributed by atoms with Crippen LogP contribution in [0, 0.1) is 5.92 Å². The molecule has 3 aromatic heterocycles. The quantitative estimate of drug-likeness (QED) is 0.501. The van der Waals surface area contributed by atoms with E-state index in [0.717, 1.165) is 30.7 Å². The van der Waals surface area contributed by atoms with Gasteiger partial charge < -0.3 is 19.9 Å². The van der Waals surface area contributed by atoms with Gasteiger partial charge in [0.15, 0.2) is 0 Å². The van der Waals surface area contributed by atoms with Crippen LogP contribution in [0.2, 0.25) is 0 Å². The number of carbonyl (C=O) groups is 2. The van der Waals surface area contributed by atoms with Crippen LogP contribution in [0.4, 0.5) is 30.4 Å². The molecule has 0 spiro atoms. The highest BCUT2D eigenvalue weighted by molar-refractivity contribution is 6.00. The number of alkyl halides is 3. The third-order valence-corrected chi connectivity index (χ3v) is 5.31. The number of methoxy groups -OCH3 is 1. The molecule has 3 heterocycles. The molecule has 1 aliphatic carbocycles. The van der Waals surface area contributed by atoms with Crippen LogP contribution in [0.3, 0.4) is 0 Å². The molecule has 0 unspecified atom stereocenters. The average Bonchev–Trinajstić information content (AvgIpc) is 3.57. The number of aromatic nitrogens is 4. The third-order valence-electron chi connectivity index (χ3n) is 5.31. The number of aryl methyl sites for hydroxylation is 1. The van der Waals surface area contributed by atoms with E-state index in [1.54, 1.807) is 6.92 Å². The fraction of sp³-hybridized carbons (Fsp3) is 0.381. The van der Waals surface area contributed by atoms with E-state index in [-0.39, 0.29) is 52.2 Å². The van der Waals surface area contributed by atoms with Crippen molar-refractivity contribution in [3.63, 3.8) is 0 Å². The monoisotopic (exact) mass is 478 g/mol. The van der Waals surface area contributed by atoms with Crippen LogP contribution >= 0.6 is 0 Å². The first-order chi connectivity index (χ1) is 16.1. The summed E-state index contributed by atoms with van der Waals surface area (Å²) >= 11 is 0. The fourth-order valence-electron chi connectivity index (χ4n) is 3.47. The lowest BCUT2D eigenvalue weighted by Crippen LogP contribution is -2.21. The summed E-state index contributed by atoms with van der Waals surface area (Å²) in [6.45, 7) is 0.587. The van der Waals surface area contributed by atoms with Crippen molar-refractivity contribution in [2.45, 2.75) is 39.0 Å². The number of ether oxygens (including phenoxy) is 1. The first kappa shape index (κ1) is 23.3. The molecule has 0 radical (unpaired) electrons. The van der Waals surface area contributed by atoms with Gasteiger partial charge in [-0.15, -0.1) is 0 Å². The second-order valence-electron chi connectivity index (χ2n) is 7.82. The largest absolute Gasteiger partial charge is 0.465 e. The Morgan fingerprint density at radius 3 is 2.56 bits per heavy atom. The number of nitrogens with zero attached hydrogens (tertiary/aromatic N) is 4. The van der Waals surface area contributed by atoms with Gasteiger partial charge in [0.2, 0.25) is 5.91 Å². The molecule has 2 N–H and O–H groups in total. The van der Waals surface area contributed by atoms with E-state index in [9.17, 15) is 27.6 Å². The Hall–Kier alpha value is -3.90. The number of amides is 1. The Balaban J connectivity index is 1.82. The number of hydrogen-bond donors (Lipinski definition) is 2. The number of pyridine rings is 1. The smallest absolute Gasteiger partial charge is 0.406 e. The van der Waals surface area contributed by atoms with Crippen molar-refractivity contribution in [2.24, 2.45) is 5.92 Å². The maximum atomic E-state index is 13.1. The first-order valence-corrected chi connectivity index (χ1v) is 10.4. The second-order valence-corrected chi connectivity index (χ2v) is 7.82. The minimum absolute atomic E-state index is 0.00960. The highest BCUT2D eigenvalue weighted by atomic mass is 19.4. The third kappa shape index (κ3) is 4.72. The van der Waals surface area contributed by atoms with Gasteiger partial charge in [-0.05, 0) is 19.8 Å². The summed E-state index contributed by atoms with van der Waals surface area (Å²) in [6.07, 6.45) is 0.446. The molecule has 10 nitrogen and oxygen atoms in total. The lowest BCUT2D eigenvalue weighted by atomic mass is 10.2. The molecular formula is C21H21F3N6O4. The van der Waals surface area contributed by atoms with Gasteiger partial charge in [-0.3, -0.25) is 14.2 Å². The second kappa shape index (κ2) is 8.80. The van der Waals surface area contributed by atoms with Crippen molar-refractivity contribution in [3.8, 4) is 0 Å². The normalized spacial score (nSPS) is 13.7. The van der Waals surface area contributed by atoms with Crippen molar-refractivity contribution in [2.75, 3.05) is 17.7 Å². The van der Waals surface area contributed by atoms with Crippen molar-refractivity contribution in [3.05, 3.63) is 40.7 Å². The minimum Gasteiger partial charge on any atom is -0.465 e. The predicted molar refractivity (Wildman–Crippen MR) is 116 cm³/mol. The van der Waals surface area contributed by atoms with Gasteiger partial charge in [-0.1, -0.05) is 0 Å². The van der Waals surface area contributed by atoms with Crippen molar-refractivity contribution < 1.29 is 27.5 Å². The molecule has 34 heavy (non-hydrogen) atoms. The maximum Gasteiger partial charge on any atom is 0.406 e. The first-order valence-electron chi connectivity index (χ1n) is 10.4. The van der Waals surface area contributed by atoms with Crippen LogP contribution in [0.15, 0.2) is 29.6 Å². The fourth-order valence-corrected chi connectivity index (χ4v) is 3.47. The van der Waals surface area contributed by atoms with Gasteiger partial charge >= 0.3 is 12.1 Å². The molecular weight excluding hydrogens is 457 g/mol. The molecule has 0 bridgehead atoms. The number of hydrogen-bond acceptors (Lipinski definition) is 7. The summed E-state index contributed by atoms with van der Waals surface area (Å²) in [5.74, 6) is -0.952. The Morgan fingerprint density at radius 2 is 1.94 bits per heavy atom. The van der Waals surface area contributed by atoms with Gasteiger partial charge in [0.1, 0.15) is 29.0 Å². The number of rotatable bonds is 7. The summed E-state index contributed by atoms with van der Waals surface area (Å²) in [5.41, 5.74) is -0.652. The van der Waals surface area contributed by atoms with Gasteiger partial charge in [0.05, 0.1) is 24.8 Å². The van der Waals surface area contributed by atoms with Crippen LogP contribution in [-0.2, 0) is 22.6 Å². The zero-order chi connectivity index (χ0) is 24.6. The highest BCUT2D eigenvalue weighted by Gasteiger charge is 2.31. The van der Waals surface area contributed by atoms with Crippen LogP contribution in [0.5, 0.6) is 0 Å². The van der Waals surface area contributed by atoms with E-state index in [4.69, 9.17) is 4.74 Å². The summed E-state index contributed by atoms with van der Waals surface area (Å²) in [5, 5.41) is 5.42. The van der Waals surface area contributed by atoms with E-state index < -0.39 is 24.2 Å². The van der Waals surface area contributed by atoms with Crippen molar-refractivity contribution in [1.29, 1.82) is 0 Å². The molecule has 0 atom stereocenters.